The van der Waals surface area contributed by atoms with Gasteiger partial charge >= 0.3 is 6.36 Å². The Morgan fingerprint density at radius 3 is 2.32 bits per heavy atom. The Morgan fingerprint density at radius 2 is 1.72 bits per heavy atom. The van der Waals surface area contributed by atoms with Gasteiger partial charge in [0.2, 0.25) is 0 Å². The van der Waals surface area contributed by atoms with E-state index >= 15 is 0 Å². The van der Waals surface area contributed by atoms with Crippen LogP contribution in [0.15, 0.2) is 42.5 Å². The Labute approximate surface area is 147 Å². The lowest BCUT2D eigenvalue weighted by molar-refractivity contribution is -0.274. The van der Waals surface area contributed by atoms with Gasteiger partial charge in [-0.25, -0.2) is 0 Å². The topological polar surface area (TPSA) is 35.5 Å². The van der Waals surface area contributed by atoms with Gasteiger partial charge < -0.3 is 9.47 Å². The lowest BCUT2D eigenvalue weighted by Gasteiger charge is -2.33. The number of carbonyl (C=O) groups is 1. The lowest BCUT2D eigenvalue weighted by atomic mass is 9.88. The molecule has 2 aromatic rings. The van der Waals surface area contributed by atoms with Gasteiger partial charge in [0, 0.05) is 11.3 Å². The van der Waals surface area contributed by atoms with Crippen molar-refractivity contribution in [1.29, 1.82) is 0 Å². The standard InChI is InChI=1S/C18H15F3O3S/c1-17(12-3-5-13(23-2)6-4-12)16(22)15-8-7-14(24-18(19,20)21)9-11(15)10-25-17/h3-9H,10H2,1-2H3. The Hall–Kier alpha value is -2.15. The minimum absolute atomic E-state index is 0.137. The molecule has 0 saturated heterocycles. The van der Waals surface area contributed by atoms with Crippen molar-refractivity contribution < 1.29 is 27.4 Å². The number of benzene rings is 2. The number of hydrogen-bond acceptors (Lipinski definition) is 4. The Kier molecular flexibility index (Phi) is 4.45. The fraction of sp³-hybridized carbons (Fsp3) is 0.278. The van der Waals surface area contributed by atoms with E-state index in [9.17, 15) is 18.0 Å². The Balaban J connectivity index is 1.92. The summed E-state index contributed by atoms with van der Waals surface area (Å²) in [4.78, 5) is 13.0. The lowest BCUT2D eigenvalue weighted by Crippen LogP contribution is -2.33. The number of carbonyl (C=O) groups excluding carboxylic acids is 1. The zero-order chi connectivity index (χ0) is 18.2. The minimum Gasteiger partial charge on any atom is -0.497 e. The maximum Gasteiger partial charge on any atom is 0.573 e. The van der Waals surface area contributed by atoms with Crippen LogP contribution in [0, 0.1) is 0 Å². The first-order chi connectivity index (χ1) is 11.7. The predicted molar refractivity (Wildman–Crippen MR) is 89.1 cm³/mol. The van der Waals surface area contributed by atoms with Crippen molar-refractivity contribution >= 4 is 17.5 Å². The number of hydrogen-bond donors (Lipinski definition) is 0. The van der Waals surface area contributed by atoms with Crippen LogP contribution in [0.2, 0.25) is 0 Å². The summed E-state index contributed by atoms with van der Waals surface area (Å²) in [5.41, 5.74) is 1.79. The van der Waals surface area contributed by atoms with Crippen LogP contribution >= 0.6 is 11.8 Å². The average Bonchev–Trinajstić information content (AvgIpc) is 2.57. The molecule has 0 bridgehead atoms. The number of thioether (sulfide) groups is 1. The quantitative estimate of drug-likeness (QED) is 0.769. The molecule has 3 rings (SSSR count). The van der Waals surface area contributed by atoms with E-state index in [0.29, 0.717) is 22.6 Å². The van der Waals surface area contributed by atoms with Crippen molar-refractivity contribution in [3.05, 3.63) is 59.2 Å². The van der Waals surface area contributed by atoms with Crippen molar-refractivity contribution in [3.8, 4) is 11.5 Å². The molecule has 0 saturated carbocycles. The van der Waals surface area contributed by atoms with E-state index in [4.69, 9.17) is 4.74 Å². The maximum atomic E-state index is 13.0. The molecule has 0 aliphatic carbocycles. The monoisotopic (exact) mass is 368 g/mol. The highest BCUT2D eigenvalue weighted by molar-refractivity contribution is 8.00. The molecular weight excluding hydrogens is 353 g/mol. The van der Waals surface area contributed by atoms with E-state index in [0.717, 1.165) is 5.56 Å². The van der Waals surface area contributed by atoms with Gasteiger partial charge in [0.1, 0.15) is 16.2 Å². The molecule has 132 valence electrons. The predicted octanol–water partition coefficient (Wildman–Crippen LogP) is 4.94. The fourth-order valence-electron chi connectivity index (χ4n) is 2.78. The van der Waals surface area contributed by atoms with Gasteiger partial charge in [0.15, 0.2) is 5.78 Å². The number of fused-ring (bicyclic) bond motifs is 1. The van der Waals surface area contributed by atoms with Crippen molar-refractivity contribution in [2.75, 3.05) is 7.11 Å². The second-order valence-electron chi connectivity index (χ2n) is 5.75. The summed E-state index contributed by atoms with van der Waals surface area (Å²) >= 11 is 1.38. The molecular formula is C18H15F3O3S. The van der Waals surface area contributed by atoms with Gasteiger partial charge in [-0.15, -0.1) is 24.9 Å². The third kappa shape index (κ3) is 3.46. The van der Waals surface area contributed by atoms with Crippen LogP contribution < -0.4 is 9.47 Å². The first-order valence-corrected chi connectivity index (χ1v) is 8.43. The van der Waals surface area contributed by atoms with Gasteiger partial charge in [-0.2, -0.15) is 0 Å². The molecule has 0 fully saturated rings. The zero-order valence-corrected chi connectivity index (χ0v) is 14.3. The number of halogens is 3. The molecule has 0 radical (unpaired) electrons. The largest absolute Gasteiger partial charge is 0.573 e. The summed E-state index contributed by atoms with van der Waals surface area (Å²) in [6.07, 6.45) is -4.75. The van der Waals surface area contributed by atoms with E-state index in [-0.39, 0.29) is 11.5 Å². The molecule has 1 heterocycles. The molecule has 0 aromatic heterocycles. The minimum atomic E-state index is -4.75. The first kappa shape index (κ1) is 17.7. The molecule has 3 nitrogen and oxygen atoms in total. The summed E-state index contributed by atoms with van der Waals surface area (Å²) in [7, 11) is 1.56. The molecule has 1 unspecified atom stereocenters. The smallest absolute Gasteiger partial charge is 0.497 e. The van der Waals surface area contributed by atoms with E-state index in [1.54, 1.807) is 19.2 Å². The molecule has 0 spiro atoms. The van der Waals surface area contributed by atoms with Crippen molar-refractivity contribution in [1.82, 2.24) is 0 Å². The van der Waals surface area contributed by atoms with Crippen molar-refractivity contribution in [2.24, 2.45) is 0 Å². The Bertz CT molecular complexity index is 802. The molecule has 1 aliphatic rings. The van der Waals surface area contributed by atoms with Crippen LogP contribution in [0.25, 0.3) is 0 Å². The van der Waals surface area contributed by atoms with Crippen LogP contribution in [0.1, 0.15) is 28.4 Å². The molecule has 0 N–H and O–H groups in total. The van der Waals surface area contributed by atoms with Crippen LogP contribution in [0.4, 0.5) is 13.2 Å². The van der Waals surface area contributed by atoms with Gasteiger partial charge in [-0.1, -0.05) is 12.1 Å². The molecule has 7 heteroatoms. The van der Waals surface area contributed by atoms with Gasteiger partial charge in [0.05, 0.1) is 7.11 Å². The second kappa shape index (κ2) is 6.29. The first-order valence-electron chi connectivity index (χ1n) is 7.45. The van der Waals surface area contributed by atoms with Crippen molar-refractivity contribution in [3.63, 3.8) is 0 Å². The molecule has 1 aliphatic heterocycles. The summed E-state index contributed by atoms with van der Waals surface area (Å²) in [5, 5.41) is 0. The summed E-state index contributed by atoms with van der Waals surface area (Å²) < 4.78 is 45.3. The summed E-state index contributed by atoms with van der Waals surface area (Å²) in [6.45, 7) is 1.82. The second-order valence-corrected chi connectivity index (χ2v) is 7.14. The number of rotatable bonds is 3. The number of methoxy groups -OCH3 is 1. The maximum absolute atomic E-state index is 13.0. The molecule has 1 atom stereocenters. The van der Waals surface area contributed by atoms with E-state index in [2.05, 4.69) is 4.74 Å². The van der Waals surface area contributed by atoms with E-state index in [1.165, 1.54) is 30.0 Å². The molecule has 2 aromatic carbocycles. The van der Waals surface area contributed by atoms with Gasteiger partial charge in [-0.05, 0) is 48.4 Å². The number of ether oxygens (including phenoxy) is 2. The highest BCUT2D eigenvalue weighted by atomic mass is 32.2. The van der Waals surface area contributed by atoms with Crippen LogP contribution in [-0.2, 0) is 10.5 Å². The van der Waals surface area contributed by atoms with Crippen LogP contribution in [0.3, 0.4) is 0 Å². The van der Waals surface area contributed by atoms with Crippen LogP contribution in [-0.4, -0.2) is 19.3 Å². The van der Waals surface area contributed by atoms with Crippen molar-refractivity contribution in [2.45, 2.75) is 23.8 Å². The number of alkyl halides is 3. The summed E-state index contributed by atoms with van der Waals surface area (Å²) in [6, 6.07) is 11.1. The summed E-state index contributed by atoms with van der Waals surface area (Å²) in [5.74, 6) is 0.656. The van der Waals surface area contributed by atoms with Gasteiger partial charge in [0.25, 0.3) is 0 Å². The molecule has 0 amide bonds. The number of ketones is 1. The SMILES string of the molecule is COc1ccc(C2(C)SCc3cc(OC(F)(F)F)ccc3C2=O)cc1. The highest BCUT2D eigenvalue weighted by Crippen LogP contribution is 2.46. The zero-order valence-electron chi connectivity index (χ0n) is 13.5. The van der Waals surface area contributed by atoms with Crippen LogP contribution in [0.5, 0.6) is 11.5 Å². The third-order valence-electron chi connectivity index (χ3n) is 4.15. The average molecular weight is 368 g/mol. The Morgan fingerprint density at radius 1 is 1.08 bits per heavy atom. The van der Waals surface area contributed by atoms with Gasteiger partial charge in [-0.3, -0.25) is 4.79 Å². The molecule has 25 heavy (non-hydrogen) atoms. The normalized spacial score (nSPS) is 20.1. The third-order valence-corrected chi connectivity index (χ3v) is 5.60. The highest BCUT2D eigenvalue weighted by Gasteiger charge is 2.41. The fourth-order valence-corrected chi connectivity index (χ4v) is 4.00. The van der Waals surface area contributed by atoms with E-state index < -0.39 is 11.1 Å². The number of Topliss-reactive ketones (excluding diaryl/α,β-unsaturated/α-hetero) is 1. The van der Waals surface area contributed by atoms with E-state index in [1.807, 2.05) is 19.1 Å².